The van der Waals surface area contributed by atoms with Gasteiger partial charge in [0.05, 0.1) is 29.2 Å². The van der Waals surface area contributed by atoms with Gasteiger partial charge in [0.25, 0.3) is 5.91 Å². The number of amides is 1. The molecule has 180 valence electrons. The van der Waals surface area contributed by atoms with E-state index in [1.54, 1.807) is 0 Å². The molecule has 0 unspecified atom stereocenters. The fourth-order valence-corrected chi connectivity index (χ4v) is 2.77. The van der Waals surface area contributed by atoms with Crippen molar-refractivity contribution in [1.82, 2.24) is 15.0 Å². The van der Waals surface area contributed by atoms with E-state index in [1.807, 2.05) is 0 Å². The zero-order valence-electron chi connectivity index (χ0n) is 17.8. The summed E-state index contributed by atoms with van der Waals surface area (Å²) in [7, 11) is 0. The van der Waals surface area contributed by atoms with Crippen LogP contribution >= 0.6 is 11.6 Å². The number of halogens is 4. The molecule has 1 N–H and O–H groups in total. The fourth-order valence-electron chi connectivity index (χ4n) is 2.66. The monoisotopic (exact) mass is 505 g/mol. The van der Waals surface area contributed by atoms with E-state index in [-0.39, 0.29) is 22.2 Å². The van der Waals surface area contributed by atoms with Gasteiger partial charge in [0.1, 0.15) is 23.6 Å². The third kappa shape index (κ3) is 6.42. The normalized spacial score (nSPS) is 12.7. The molecule has 3 aromatic heterocycles. The lowest BCUT2D eigenvalue weighted by Gasteiger charge is -2.28. The second-order valence-electron chi connectivity index (χ2n) is 7.15. The van der Waals surface area contributed by atoms with Crippen LogP contribution < -0.4 is 10.1 Å². The SMILES string of the molecule is C[C@@](COc1ccc(Cl)nc1)(OC(=O)c1cccnc1)C(=O)Nc1cnc(C#N)c(C(F)(F)F)c1. The van der Waals surface area contributed by atoms with Gasteiger partial charge in [-0.15, -0.1) is 0 Å². The first-order chi connectivity index (χ1) is 16.5. The van der Waals surface area contributed by atoms with Crippen LogP contribution in [0.4, 0.5) is 18.9 Å². The summed E-state index contributed by atoms with van der Waals surface area (Å²) in [5, 5.41) is 11.3. The van der Waals surface area contributed by atoms with Gasteiger partial charge in [0.15, 0.2) is 5.69 Å². The highest BCUT2D eigenvalue weighted by Gasteiger charge is 2.40. The van der Waals surface area contributed by atoms with Gasteiger partial charge in [0, 0.05) is 12.4 Å². The summed E-state index contributed by atoms with van der Waals surface area (Å²) in [6.07, 6.45) is -0.109. The standard InChI is InChI=1S/C22H15ClF3N5O4/c1-21(12-34-15-4-5-18(23)30-11-15,35-19(32)13-3-2-6-28-9-13)20(33)31-14-7-16(22(24,25)26)17(8-27)29-10-14/h2-7,9-11H,12H2,1H3,(H,31,33)/t21-/m0/s1. The largest absolute Gasteiger partial charge is 0.487 e. The predicted octanol–water partition coefficient (Wildman–Crippen LogP) is 4.05. The highest BCUT2D eigenvalue weighted by molar-refractivity contribution is 6.29. The van der Waals surface area contributed by atoms with E-state index in [9.17, 15) is 22.8 Å². The highest BCUT2D eigenvalue weighted by atomic mass is 35.5. The Morgan fingerprint density at radius 1 is 1.17 bits per heavy atom. The van der Waals surface area contributed by atoms with Crippen LogP contribution in [-0.4, -0.2) is 39.0 Å². The molecule has 13 heteroatoms. The van der Waals surface area contributed by atoms with Crippen LogP contribution in [0, 0.1) is 11.3 Å². The minimum absolute atomic E-state index is 0.0269. The number of esters is 1. The topological polar surface area (TPSA) is 127 Å². The first-order valence-corrected chi connectivity index (χ1v) is 10.1. The molecule has 9 nitrogen and oxygen atoms in total. The number of hydrogen-bond donors (Lipinski definition) is 1. The van der Waals surface area contributed by atoms with Gasteiger partial charge >= 0.3 is 12.1 Å². The quantitative estimate of drug-likeness (QED) is 0.376. The van der Waals surface area contributed by atoms with Crippen LogP contribution in [0.25, 0.3) is 0 Å². The summed E-state index contributed by atoms with van der Waals surface area (Å²) in [5.74, 6) is -1.76. The van der Waals surface area contributed by atoms with Crippen molar-refractivity contribution in [2.75, 3.05) is 11.9 Å². The summed E-state index contributed by atoms with van der Waals surface area (Å²) in [5.41, 5.74) is -4.58. The molecule has 0 radical (unpaired) electrons. The molecule has 0 aliphatic rings. The molecular weight excluding hydrogens is 491 g/mol. The molecule has 0 fully saturated rings. The molecule has 0 spiro atoms. The van der Waals surface area contributed by atoms with Gasteiger partial charge in [-0.05, 0) is 37.3 Å². The predicted molar refractivity (Wildman–Crippen MR) is 115 cm³/mol. The Bertz CT molecular complexity index is 1270. The van der Waals surface area contributed by atoms with Crippen LogP contribution in [-0.2, 0) is 15.7 Å². The minimum Gasteiger partial charge on any atom is -0.487 e. The summed E-state index contributed by atoms with van der Waals surface area (Å²) < 4.78 is 50.7. The average molecular weight is 506 g/mol. The maximum Gasteiger partial charge on any atom is 0.419 e. The zero-order chi connectivity index (χ0) is 25.6. The Balaban J connectivity index is 1.88. The second-order valence-corrected chi connectivity index (χ2v) is 7.54. The molecule has 1 atom stereocenters. The number of carbonyl (C=O) groups excluding carboxylic acids is 2. The van der Waals surface area contributed by atoms with Gasteiger partial charge in [-0.3, -0.25) is 9.78 Å². The summed E-state index contributed by atoms with van der Waals surface area (Å²) in [6, 6.07) is 7.66. The lowest BCUT2D eigenvalue weighted by Crippen LogP contribution is -2.49. The number of carbonyl (C=O) groups is 2. The van der Waals surface area contributed by atoms with E-state index in [1.165, 1.54) is 55.8 Å². The number of nitrogens with zero attached hydrogens (tertiary/aromatic N) is 4. The van der Waals surface area contributed by atoms with Gasteiger partial charge < -0.3 is 14.8 Å². The van der Waals surface area contributed by atoms with Crippen LogP contribution in [0.5, 0.6) is 5.75 Å². The smallest absolute Gasteiger partial charge is 0.419 e. The van der Waals surface area contributed by atoms with Crippen molar-refractivity contribution in [3.8, 4) is 11.8 Å². The van der Waals surface area contributed by atoms with Gasteiger partial charge in [-0.25, -0.2) is 14.8 Å². The number of anilines is 1. The van der Waals surface area contributed by atoms with Crippen LogP contribution in [0.15, 0.2) is 55.1 Å². The number of rotatable bonds is 7. The van der Waals surface area contributed by atoms with Crippen LogP contribution in [0.1, 0.15) is 28.5 Å². The Hall–Kier alpha value is -4.24. The highest BCUT2D eigenvalue weighted by Crippen LogP contribution is 2.33. The van der Waals surface area contributed by atoms with E-state index in [0.717, 1.165) is 6.20 Å². The number of aromatic nitrogens is 3. The third-order valence-corrected chi connectivity index (χ3v) is 4.69. The summed E-state index contributed by atoms with van der Waals surface area (Å²) >= 11 is 5.73. The van der Waals surface area contributed by atoms with E-state index in [2.05, 4.69) is 20.3 Å². The van der Waals surface area contributed by atoms with Gasteiger partial charge in [-0.1, -0.05) is 11.6 Å². The first kappa shape index (κ1) is 25.4. The first-order valence-electron chi connectivity index (χ1n) is 9.68. The molecule has 35 heavy (non-hydrogen) atoms. The molecule has 3 aromatic rings. The maximum absolute atomic E-state index is 13.3. The van der Waals surface area contributed by atoms with Crippen molar-refractivity contribution < 1.29 is 32.2 Å². The van der Waals surface area contributed by atoms with Crippen molar-refractivity contribution in [2.45, 2.75) is 18.7 Å². The Labute approximate surface area is 201 Å². The maximum atomic E-state index is 13.3. The van der Waals surface area contributed by atoms with Gasteiger partial charge in [0.2, 0.25) is 5.60 Å². The van der Waals surface area contributed by atoms with Crippen molar-refractivity contribution in [1.29, 1.82) is 5.26 Å². The van der Waals surface area contributed by atoms with Crippen molar-refractivity contribution in [3.05, 3.63) is 77.1 Å². The Morgan fingerprint density at radius 3 is 2.54 bits per heavy atom. The van der Waals surface area contributed by atoms with E-state index in [0.29, 0.717) is 6.07 Å². The number of alkyl halides is 3. The van der Waals surface area contributed by atoms with E-state index < -0.39 is 41.5 Å². The summed E-state index contributed by atoms with van der Waals surface area (Å²) in [4.78, 5) is 36.8. The van der Waals surface area contributed by atoms with Crippen molar-refractivity contribution in [2.24, 2.45) is 0 Å². The van der Waals surface area contributed by atoms with Crippen molar-refractivity contribution in [3.63, 3.8) is 0 Å². The molecule has 1 amide bonds. The van der Waals surface area contributed by atoms with Gasteiger partial charge in [-0.2, -0.15) is 18.4 Å². The second kappa shape index (κ2) is 10.4. The van der Waals surface area contributed by atoms with Crippen LogP contribution in [0.3, 0.4) is 0 Å². The average Bonchev–Trinajstić information content (AvgIpc) is 2.83. The molecule has 3 heterocycles. The minimum atomic E-state index is -4.89. The van der Waals surface area contributed by atoms with Crippen LogP contribution in [0.2, 0.25) is 5.15 Å². The molecule has 0 aliphatic carbocycles. The lowest BCUT2D eigenvalue weighted by molar-refractivity contribution is -0.138. The summed E-state index contributed by atoms with van der Waals surface area (Å²) in [6.45, 7) is 0.672. The van der Waals surface area contributed by atoms with E-state index >= 15 is 0 Å². The van der Waals surface area contributed by atoms with Crippen molar-refractivity contribution >= 4 is 29.2 Å². The third-order valence-electron chi connectivity index (χ3n) is 4.47. The molecule has 0 aromatic carbocycles. The molecule has 0 saturated carbocycles. The number of nitriles is 1. The fraction of sp³-hybridized carbons (Fsp3) is 0.182. The number of hydrogen-bond acceptors (Lipinski definition) is 8. The Kier molecular flexibility index (Phi) is 7.51. The molecule has 0 aliphatic heterocycles. The lowest BCUT2D eigenvalue weighted by atomic mass is 10.1. The molecule has 0 saturated heterocycles. The Morgan fingerprint density at radius 2 is 1.94 bits per heavy atom. The molecule has 0 bridgehead atoms. The molecule has 3 rings (SSSR count). The van der Waals surface area contributed by atoms with E-state index in [4.69, 9.17) is 26.3 Å². The zero-order valence-corrected chi connectivity index (χ0v) is 18.6. The molecular formula is C22H15ClF3N5O4. The number of nitrogens with one attached hydrogen (secondary N) is 1. The number of pyridine rings is 3. The number of ether oxygens (including phenoxy) is 2.